The Labute approximate surface area is 157 Å². The van der Waals surface area contributed by atoms with E-state index in [-0.39, 0.29) is 0 Å². The molecule has 0 spiro atoms. The number of methoxy groups -OCH3 is 2. The SMILES string of the molecule is CC.CC.CC(C)(C)C.COc1ccccc1.COc1ccccc1. The van der Waals surface area contributed by atoms with Gasteiger partial charge in [0.05, 0.1) is 14.2 Å². The molecule has 0 aromatic heterocycles. The van der Waals surface area contributed by atoms with Gasteiger partial charge in [0.1, 0.15) is 11.5 Å². The van der Waals surface area contributed by atoms with Crippen LogP contribution in [-0.4, -0.2) is 14.2 Å². The number of para-hydroxylation sites is 2. The number of hydrogen-bond acceptors (Lipinski definition) is 2. The van der Waals surface area contributed by atoms with Crippen LogP contribution in [0.4, 0.5) is 0 Å². The highest BCUT2D eigenvalue weighted by atomic mass is 16.5. The van der Waals surface area contributed by atoms with Gasteiger partial charge < -0.3 is 9.47 Å². The van der Waals surface area contributed by atoms with Gasteiger partial charge in [0, 0.05) is 0 Å². The van der Waals surface area contributed by atoms with Crippen LogP contribution in [0.25, 0.3) is 0 Å². The van der Waals surface area contributed by atoms with Gasteiger partial charge in [-0.05, 0) is 29.7 Å². The first kappa shape index (κ1) is 27.9. The van der Waals surface area contributed by atoms with Crippen molar-refractivity contribution in [3.05, 3.63) is 60.7 Å². The fraction of sp³-hybridized carbons (Fsp3) is 0.478. The lowest BCUT2D eigenvalue weighted by Gasteiger charge is -2.05. The Morgan fingerprint density at radius 1 is 0.520 bits per heavy atom. The van der Waals surface area contributed by atoms with E-state index in [4.69, 9.17) is 9.47 Å². The van der Waals surface area contributed by atoms with Crippen molar-refractivity contribution in [3.63, 3.8) is 0 Å². The zero-order valence-electron chi connectivity index (χ0n) is 18.1. The fourth-order valence-corrected chi connectivity index (χ4v) is 1.11. The molecule has 0 amide bonds. The van der Waals surface area contributed by atoms with Crippen LogP contribution in [-0.2, 0) is 0 Å². The molecule has 25 heavy (non-hydrogen) atoms. The second-order valence-electron chi connectivity index (χ2n) is 6.03. The number of hydrogen-bond donors (Lipinski definition) is 0. The molecule has 0 N–H and O–H groups in total. The Kier molecular flexibility index (Phi) is 22.4. The van der Waals surface area contributed by atoms with Crippen molar-refractivity contribution in [1.29, 1.82) is 0 Å². The lowest BCUT2D eigenvalue weighted by atomic mass is 10.0. The lowest BCUT2D eigenvalue weighted by molar-refractivity contribution is 0.414. The molecule has 0 radical (unpaired) electrons. The average Bonchev–Trinajstić information content (AvgIpc) is 2.65. The van der Waals surface area contributed by atoms with Crippen LogP contribution in [0.15, 0.2) is 60.7 Å². The average molecular weight is 349 g/mol. The van der Waals surface area contributed by atoms with E-state index in [9.17, 15) is 0 Å². The van der Waals surface area contributed by atoms with Crippen molar-refractivity contribution >= 4 is 0 Å². The summed E-state index contributed by atoms with van der Waals surface area (Å²) in [5.41, 5.74) is 0.500. The van der Waals surface area contributed by atoms with Crippen molar-refractivity contribution < 1.29 is 9.47 Å². The summed E-state index contributed by atoms with van der Waals surface area (Å²) in [7, 11) is 3.32. The van der Waals surface area contributed by atoms with Gasteiger partial charge in [-0.25, -0.2) is 0 Å². The molecule has 2 aromatic rings. The van der Waals surface area contributed by atoms with E-state index < -0.39 is 0 Å². The summed E-state index contributed by atoms with van der Waals surface area (Å²) >= 11 is 0. The Bertz CT molecular complexity index is 399. The predicted molar refractivity (Wildman–Crippen MR) is 114 cm³/mol. The summed E-state index contributed by atoms with van der Waals surface area (Å²) in [6.45, 7) is 16.8. The molecule has 2 nitrogen and oxygen atoms in total. The van der Waals surface area contributed by atoms with Crippen LogP contribution in [0.1, 0.15) is 55.4 Å². The molecule has 0 aliphatic carbocycles. The first-order valence-corrected chi connectivity index (χ1v) is 9.05. The first-order valence-electron chi connectivity index (χ1n) is 9.05. The highest BCUT2D eigenvalue weighted by Crippen LogP contribution is 2.08. The monoisotopic (exact) mass is 348 g/mol. The van der Waals surface area contributed by atoms with Crippen LogP contribution in [0.5, 0.6) is 11.5 Å². The molecule has 2 heteroatoms. The predicted octanol–water partition coefficient (Wildman–Crippen LogP) is 7.50. The second-order valence-corrected chi connectivity index (χ2v) is 6.03. The Morgan fingerprint density at radius 3 is 0.840 bits per heavy atom. The summed E-state index contributed by atoms with van der Waals surface area (Å²) in [4.78, 5) is 0. The Hall–Kier alpha value is -1.96. The highest BCUT2D eigenvalue weighted by Gasteiger charge is 1.95. The highest BCUT2D eigenvalue weighted by molar-refractivity contribution is 5.21. The van der Waals surface area contributed by atoms with Gasteiger partial charge in [-0.15, -0.1) is 0 Å². The van der Waals surface area contributed by atoms with E-state index in [2.05, 4.69) is 27.7 Å². The fourth-order valence-electron chi connectivity index (χ4n) is 1.11. The van der Waals surface area contributed by atoms with Gasteiger partial charge in [0.2, 0.25) is 0 Å². The van der Waals surface area contributed by atoms with Crippen molar-refractivity contribution in [2.24, 2.45) is 5.41 Å². The van der Waals surface area contributed by atoms with Crippen molar-refractivity contribution in [2.45, 2.75) is 55.4 Å². The molecule has 0 bridgehead atoms. The molecule has 0 saturated carbocycles. The molecule has 0 unspecified atom stereocenters. The second kappa shape index (κ2) is 20.1. The van der Waals surface area contributed by atoms with Crippen molar-refractivity contribution in [3.8, 4) is 11.5 Å². The summed E-state index contributed by atoms with van der Waals surface area (Å²) in [5, 5.41) is 0. The van der Waals surface area contributed by atoms with Gasteiger partial charge in [0.15, 0.2) is 0 Å². The maximum absolute atomic E-state index is 4.91. The largest absolute Gasteiger partial charge is 0.497 e. The lowest BCUT2D eigenvalue weighted by Crippen LogP contribution is -1.93. The third-order valence-corrected chi connectivity index (χ3v) is 1.96. The molecule has 0 aliphatic heterocycles. The maximum atomic E-state index is 4.91. The van der Waals surface area contributed by atoms with Gasteiger partial charge in [-0.3, -0.25) is 0 Å². The zero-order valence-corrected chi connectivity index (χ0v) is 18.1. The molecule has 0 fully saturated rings. The summed E-state index contributed by atoms with van der Waals surface area (Å²) < 4.78 is 9.83. The Balaban J connectivity index is -0.000000270. The standard InChI is InChI=1S/2C7H8O.C5H12.2C2H6/c2*1-8-7-5-3-2-4-6-7;1-5(2,3)4;2*1-2/h2*2-6H,1H3;1-4H3;2*1-2H3. The van der Waals surface area contributed by atoms with Crippen LogP contribution < -0.4 is 9.47 Å². The normalized spacial score (nSPS) is 8.40. The third kappa shape index (κ3) is 27.2. The summed E-state index contributed by atoms with van der Waals surface area (Å²) in [5.74, 6) is 1.82. The maximum Gasteiger partial charge on any atom is 0.118 e. The van der Waals surface area contributed by atoms with Crippen LogP contribution in [0.3, 0.4) is 0 Å². The van der Waals surface area contributed by atoms with Crippen LogP contribution in [0, 0.1) is 5.41 Å². The Morgan fingerprint density at radius 2 is 0.720 bits per heavy atom. The zero-order chi connectivity index (χ0) is 20.1. The van der Waals surface area contributed by atoms with Crippen molar-refractivity contribution in [2.75, 3.05) is 14.2 Å². The minimum absolute atomic E-state index is 0.500. The van der Waals surface area contributed by atoms with Gasteiger partial charge in [-0.2, -0.15) is 0 Å². The molecular formula is C23H40O2. The number of benzene rings is 2. The summed E-state index contributed by atoms with van der Waals surface area (Å²) in [6, 6.07) is 19.4. The molecule has 0 heterocycles. The molecule has 2 rings (SSSR count). The van der Waals surface area contributed by atoms with Crippen LogP contribution in [0.2, 0.25) is 0 Å². The van der Waals surface area contributed by atoms with E-state index >= 15 is 0 Å². The van der Waals surface area contributed by atoms with Crippen molar-refractivity contribution in [1.82, 2.24) is 0 Å². The number of rotatable bonds is 2. The van der Waals surface area contributed by atoms with Gasteiger partial charge in [0.25, 0.3) is 0 Å². The van der Waals surface area contributed by atoms with Crippen LogP contribution >= 0.6 is 0 Å². The minimum Gasteiger partial charge on any atom is -0.497 e. The number of ether oxygens (including phenoxy) is 2. The van der Waals surface area contributed by atoms with E-state index in [0.717, 1.165) is 11.5 Å². The van der Waals surface area contributed by atoms with Gasteiger partial charge >= 0.3 is 0 Å². The molecule has 0 saturated heterocycles. The van der Waals surface area contributed by atoms with E-state index in [1.807, 2.05) is 88.4 Å². The van der Waals surface area contributed by atoms with E-state index in [0.29, 0.717) is 5.41 Å². The quantitative estimate of drug-likeness (QED) is 0.559. The topological polar surface area (TPSA) is 18.5 Å². The molecular weight excluding hydrogens is 308 g/mol. The first-order chi connectivity index (χ1) is 11.9. The van der Waals surface area contributed by atoms with Gasteiger partial charge in [-0.1, -0.05) is 91.8 Å². The molecule has 0 atom stereocenters. The smallest absolute Gasteiger partial charge is 0.118 e. The van der Waals surface area contributed by atoms with E-state index in [1.54, 1.807) is 14.2 Å². The third-order valence-electron chi connectivity index (χ3n) is 1.96. The molecule has 0 aliphatic rings. The van der Waals surface area contributed by atoms with E-state index in [1.165, 1.54) is 0 Å². The summed E-state index contributed by atoms with van der Waals surface area (Å²) in [6.07, 6.45) is 0. The minimum atomic E-state index is 0.500. The molecule has 2 aromatic carbocycles. The molecule has 144 valence electrons.